The molecule has 0 spiro atoms. The fourth-order valence-electron chi connectivity index (χ4n) is 3.56. The van der Waals surface area contributed by atoms with Crippen LogP contribution in [0.2, 0.25) is 0 Å². The molecule has 0 amide bonds. The molecule has 5 heteroatoms. The highest BCUT2D eigenvalue weighted by Gasteiger charge is 2.34. The minimum Gasteiger partial charge on any atom is -0.453 e. The SMILES string of the molecule is CCc1ccccc1N(C)c1cccc2c1oc1c(C(F)(F)F)cccc12. The minimum absolute atomic E-state index is 0.121. The van der Waals surface area contributed by atoms with Crippen molar-refractivity contribution >= 4 is 33.3 Å². The van der Waals surface area contributed by atoms with Crippen LogP contribution in [0.4, 0.5) is 24.5 Å². The van der Waals surface area contributed by atoms with Gasteiger partial charge in [-0.3, -0.25) is 0 Å². The van der Waals surface area contributed by atoms with Crippen molar-refractivity contribution in [2.75, 3.05) is 11.9 Å². The van der Waals surface area contributed by atoms with E-state index in [9.17, 15) is 13.2 Å². The number of fused-ring (bicyclic) bond motifs is 3. The molecule has 1 heterocycles. The van der Waals surface area contributed by atoms with E-state index in [1.54, 1.807) is 12.1 Å². The molecule has 0 aliphatic rings. The molecule has 0 fully saturated rings. The van der Waals surface area contributed by atoms with E-state index in [0.29, 0.717) is 16.4 Å². The van der Waals surface area contributed by atoms with Crippen molar-refractivity contribution in [2.24, 2.45) is 0 Å². The van der Waals surface area contributed by atoms with Crippen molar-refractivity contribution in [3.8, 4) is 0 Å². The largest absolute Gasteiger partial charge is 0.453 e. The number of halogens is 3. The van der Waals surface area contributed by atoms with Gasteiger partial charge in [0.15, 0.2) is 5.58 Å². The Morgan fingerprint density at radius 2 is 1.44 bits per heavy atom. The van der Waals surface area contributed by atoms with Crippen LogP contribution in [0.3, 0.4) is 0 Å². The van der Waals surface area contributed by atoms with Gasteiger partial charge in [-0.2, -0.15) is 13.2 Å². The maximum Gasteiger partial charge on any atom is 0.420 e. The van der Waals surface area contributed by atoms with Gasteiger partial charge in [0.05, 0.1) is 11.3 Å². The van der Waals surface area contributed by atoms with Crippen molar-refractivity contribution in [3.63, 3.8) is 0 Å². The quantitative estimate of drug-likeness (QED) is 0.389. The van der Waals surface area contributed by atoms with E-state index in [1.807, 2.05) is 48.3 Å². The molecule has 2 nitrogen and oxygen atoms in total. The fraction of sp³-hybridized carbons (Fsp3) is 0.182. The molecule has 0 aliphatic heterocycles. The summed E-state index contributed by atoms with van der Waals surface area (Å²) in [4.78, 5) is 1.97. The number of anilines is 2. The van der Waals surface area contributed by atoms with Gasteiger partial charge in [0, 0.05) is 23.5 Å². The Morgan fingerprint density at radius 1 is 0.815 bits per heavy atom. The smallest absolute Gasteiger partial charge is 0.420 e. The zero-order valence-corrected chi connectivity index (χ0v) is 15.0. The lowest BCUT2D eigenvalue weighted by Gasteiger charge is -2.22. The van der Waals surface area contributed by atoms with E-state index in [4.69, 9.17) is 4.42 Å². The van der Waals surface area contributed by atoms with E-state index in [2.05, 4.69) is 6.92 Å². The predicted octanol–water partition coefficient (Wildman–Crippen LogP) is 6.94. The molecule has 3 aromatic carbocycles. The molecule has 0 bridgehead atoms. The minimum atomic E-state index is -4.46. The van der Waals surface area contributed by atoms with E-state index in [-0.39, 0.29) is 5.58 Å². The molecule has 4 aromatic rings. The van der Waals surface area contributed by atoms with Crippen molar-refractivity contribution in [1.82, 2.24) is 0 Å². The standard InChI is InChI=1S/C22H18F3NO/c1-3-14-8-4-5-12-18(14)26(2)19-13-7-10-16-15-9-6-11-17(22(23,24)25)20(15)27-21(16)19/h4-13H,3H2,1-2H3. The highest BCUT2D eigenvalue weighted by Crippen LogP contribution is 2.42. The molecular formula is C22H18F3NO. The Balaban J connectivity index is 1.98. The second kappa shape index (κ2) is 6.34. The number of aryl methyl sites for hydroxylation is 1. The number of benzene rings is 3. The average Bonchev–Trinajstić information content (AvgIpc) is 3.05. The summed E-state index contributed by atoms with van der Waals surface area (Å²) in [6.07, 6.45) is -3.61. The van der Waals surface area contributed by atoms with Gasteiger partial charge in [0.2, 0.25) is 0 Å². The van der Waals surface area contributed by atoms with Crippen LogP contribution >= 0.6 is 0 Å². The van der Waals surface area contributed by atoms with Gasteiger partial charge < -0.3 is 9.32 Å². The fourth-order valence-corrected chi connectivity index (χ4v) is 3.56. The number of para-hydroxylation sites is 3. The highest BCUT2D eigenvalue weighted by atomic mass is 19.4. The lowest BCUT2D eigenvalue weighted by Crippen LogP contribution is -2.11. The van der Waals surface area contributed by atoms with Crippen LogP contribution in [-0.4, -0.2) is 7.05 Å². The number of alkyl halides is 3. The van der Waals surface area contributed by atoms with Crippen LogP contribution in [0.5, 0.6) is 0 Å². The lowest BCUT2D eigenvalue weighted by molar-refractivity contribution is -0.136. The Bertz CT molecular complexity index is 1130. The molecule has 0 atom stereocenters. The van der Waals surface area contributed by atoms with Crippen LogP contribution in [0.25, 0.3) is 21.9 Å². The number of hydrogen-bond donors (Lipinski definition) is 0. The zero-order chi connectivity index (χ0) is 19.2. The third kappa shape index (κ3) is 2.83. The number of hydrogen-bond acceptors (Lipinski definition) is 2. The number of rotatable bonds is 3. The Morgan fingerprint density at radius 3 is 2.15 bits per heavy atom. The van der Waals surface area contributed by atoms with Gasteiger partial charge >= 0.3 is 6.18 Å². The summed E-state index contributed by atoms with van der Waals surface area (Å²) in [7, 11) is 1.90. The summed E-state index contributed by atoms with van der Waals surface area (Å²) in [6, 6.07) is 17.6. The van der Waals surface area contributed by atoms with Gasteiger partial charge in [0.1, 0.15) is 5.58 Å². The summed E-state index contributed by atoms with van der Waals surface area (Å²) in [6.45, 7) is 2.07. The molecule has 0 aliphatic carbocycles. The monoisotopic (exact) mass is 369 g/mol. The first kappa shape index (κ1) is 17.5. The van der Waals surface area contributed by atoms with Gasteiger partial charge in [-0.25, -0.2) is 0 Å². The first-order valence-corrected chi connectivity index (χ1v) is 8.75. The molecule has 138 valence electrons. The van der Waals surface area contributed by atoms with Crippen molar-refractivity contribution in [3.05, 3.63) is 71.8 Å². The summed E-state index contributed by atoms with van der Waals surface area (Å²) < 4.78 is 46.0. The Kier molecular flexibility index (Phi) is 4.10. The van der Waals surface area contributed by atoms with Crippen LogP contribution in [0.15, 0.2) is 65.1 Å². The van der Waals surface area contributed by atoms with Crippen molar-refractivity contribution < 1.29 is 17.6 Å². The van der Waals surface area contributed by atoms with Gasteiger partial charge in [0.25, 0.3) is 0 Å². The van der Waals surface area contributed by atoms with E-state index < -0.39 is 11.7 Å². The van der Waals surface area contributed by atoms with Crippen LogP contribution in [0, 0.1) is 0 Å². The number of nitrogens with zero attached hydrogens (tertiary/aromatic N) is 1. The van der Waals surface area contributed by atoms with Crippen molar-refractivity contribution in [2.45, 2.75) is 19.5 Å². The normalized spacial score (nSPS) is 12.0. The third-order valence-electron chi connectivity index (χ3n) is 4.90. The predicted molar refractivity (Wildman–Crippen MR) is 103 cm³/mol. The summed E-state index contributed by atoms with van der Waals surface area (Å²) >= 11 is 0. The maximum atomic E-state index is 13.4. The summed E-state index contributed by atoms with van der Waals surface area (Å²) in [5.74, 6) is 0. The molecule has 1 aromatic heterocycles. The number of furan rings is 1. The molecule has 0 saturated carbocycles. The average molecular weight is 369 g/mol. The van der Waals surface area contributed by atoms with E-state index in [0.717, 1.165) is 29.4 Å². The van der Waals surface area contributed by atoms with Crippen LogP contribution < -0.4 is 4.90 Å². The highest BCUT2D eigenvalue weighted by molar-refractivity contribution is 6.10. The van der Waals surface area contributed by atoms with Crippen LogP contribution in [-0.2, 0) is 12.6 Å². The van der Waals surface area contributed by atoms with E-state index in [1.165, 1.54) is 6.07 Å². The van der Waals surface area contributed by atoms with Crippen LogP contribution in [0.1, 0.15) is 18.1 Å². The third-order valence-corrected chi connectivity index (χ3v) is 4.90. The molecular weight excluding hydrogens is 351 g/mol. The Hall–Kier alpha value is -2.95. The molecule has 0 radical (unpaired) electrons. The molecule has 27 heavy (non-hydrogen) atoms. The summed E-state index contributed by atoms with van der Waals surface area (Å²) in [5.41, 5.74) is 2.48. The molecule has 0 unspecified atom stereocenters. The first-order chi connectivity index (χ1) is 12.9. The lowest BCUT2D eigenvalue weighted by atomic mass is 10.1. The molecule has 4 rings (SSSR count). The second-order valence-corrected chi connectivity index (χ2v) is 6.48. The molecule has 0 N–H and O–H groups in total. The second-order valence-electron chi connectivity index (χ2n) is 6.48. The van der Waals surface area contributed by atoms with Crippen molar-refractivity contribution in [1.29, 1.82) is 0 Å². The first-order valence-electron chi connectivity index (χ1n) is 8.75. The van der Waals surface area contributed by atoms with E-state index >= 15 is 0 Å². The van der Waals surface area contributed by atoms with Gasteiger partial charge in [-0.1, -0.05) is 49.4 Å². The van der Waals surface area contributed by atoms with Gasteiger partial charge in [-0.05, 0) is 30.2 Å². The van der Waals surface area contributed by atoms with Gasteiger partial charge in [-0.15, -0.1) is 0 Å². The summed E-state index contributed by atoms with van der Waals surface area (Å²) in [5, 5.41) is 1.15. The molecule has 0 saturated heterocycles. The Labute approximate surface area is 154 Å². The zero-order valence-electron chi connectivity index (χ0n) is 15.0. The maximum absolute atomic E-state index is 13.4. The topological polar surface area (TPSA) is 16.4 Å².